The van der Waals surface area contributed by atoms with Crippen LogP contribution >= 0.6 is 11.8 Å². The third kappa shape index (κ3) is 4.21. The van der Waals surface area contributed by atoms with Gasteiger partial charge >= 0.3 is 0 Å². The van der Waals surface area contributed by atoms with Crippen LogP contribution in [0.15, 0.2) is 36.9 Å². The molecule has 1 aromatic carbocycles. The fraction of sp³-hybridized carbons (Fsp3) is 0.312. The first-order valence-electron chi connectivity index (χ1n) is 7.12. The third-order valence-electron chi connectivity index (χ3n) is 2.96. The minimum Gasteiger partial charge on any atom is -0.325 e. The quantitative estimate of drug-likeness (QED) is 0.606. The molecule has 0 saturated heterocycles. The van der Waals surface area contributed by atoms with Crippen LogP contribution in [0.2, 0.25) is 0 Å². The fourth-order valence-electron chi connectivity index (χ4n) is 1.86. The number of carbonyl (C=O) groups excluding carboxylic acids is 1. The molecule has 0 aliphatic carbocycles. The van der Waals surface area contributed by atoms with Crippen LogP contribution < -0.4 is 5.32 Å². The van der Waals surface area contributed by atoms with Crippen LogP contribution in [-0.2, 0) is 4.79 Å². The van der Waals surface area contributed by atoms with Crippen molar-refractivity contribution in [1.29, 1.82) is 0 Å². The number of carbonyl (C=O) groups is 1. The highest BCUT2D eigenvalue weighted by Gasteiger charge is 2.13. The summed E-state index contributed by atoms with van der Waals surface area (Å²) in [5, 5.41) is 10.1. The molecule has 22 heavy (non-hydrogen) atoms. The van der Waals surface area contributed by atoms with E-state index in [0.29, 0.717) is 11.6 Å². The Balaban J connectivity index is 2.15. The van der Waals surface area contributed by atoms with E-state index in [1.54, 1.807) is 6.08 Å². The van der Waals surface area contributed by atoms with Gasteiger partial charge in [0.05, 0.1) is 11.4 Å². The van der Waals surface area contributed by atoms with E-state index in [4.69, 9.17) is 0 Å². The number of thioether (sulfide) groups is 1. The molecule has 1 heterocycles. The third-order valence-corrected chi connectivity index (χ3v) is 3.90. The summed E-state index contributed by atoms with van der Waals surface area (Å²) in [6.45, 7) is 7.74. The van der Waals surface area contributed by atoms with Crippen LogP contribution in [0.1, 0.15) is 25.6 Å². The molecule has 0 unspecified atom stereocenters. The number of hydrogen-bond donors (Lipinski definition) is 2. The maximum absolute atomic E-state index is 12.0. The van der Waals surface area contributed by atoms with E-state index in [1.807, 2.05) is 24.3 Å². The lowest BCUT2D eigenvalue weighted by molar-refractivity contribution is -0.113. The highest BCUT2D eigenvalue weighted by Crippen LogP contribution is 2.26. The molecule has 0 radical (unpaired) electrons. The van der Waals surface area contributed by atoms with Gasteiger partial charge in [-0.15, -0.1) is 18.3 Å². The van der Waals surface area contributed by atoms with Crippen molar-refractivity contribution in [2.24, 2.45) is 0 Å². The second-order valence-corrected chi connectivity index (χ2v) is 6.13. The summed E-state index contributed by atoms with van der Waals surface area (Å²) in [6.07, 6.45) is 1.78. The van der Waals surface area contributed by atoms with Gasteiger partial charge in [0, 0.05) is 17.2 Å². The van der Waals surface area contributed by atoms with Crippen LogP contribution in [0.3, 0.4) is 0 Å². The number of H-pyrrole nitrogens is 1. The van der Waals surface area contributed by atoms with Crippen molar-refractivity contribution in [3.63, 3.8) is 0 Å². The summed E-state index contributed by atoms with van der Waals surface area (Å²) in [7, 11) is 0. The van der Waals surface area contributed by atoms with E-state index in [2.05, 4.69) is 40.9 Å². The molecule has 0 atom stereocenters. The molecule has 116 valence electrons. The Morgan fingerprint density at radius 2 is 2.23 bits per heavy atom. The van der Waals surface area contributed by atoms with Crippen molar-refractivity contribution in [1.82, 2.24) is 15.2 Å². The zero-order valence-electron chi connectivity index (χ0n) is 12.8. The average molecular weight is 316 g/mol. The minimum absolute atomic E-state index is 0.0427. The Labute approximate surface area is 134 Å². The topological polar surface area (TPSA) is 70.7 Å². The van der Waals surface area contributed by atoms with E-state index < -0.39 is 0 Å². The smallest absolute Gasteiger partial charge is 0.234 e. The number of hydrogen-bond acceptors (Lipinski definition) is 4. The van der Waals surface area contributed by atoms with E-state index in [0.717, 1.165) is 22.8 Å². The second-order valence-electron chi connectivity index (χ2n) is 5.10. The summed E-state index contributed by atoms with van der Waals surface area (Å²) in [6, 6.07) is 7.55. The van der Waals surface area contributed by atoms with Crippen molar-refractivity contribution >= 4 is 23.4 Å². The molecule has 0 aliphatic rings. The number of aromatic amines is 1. The summed E-state index contributed by atoms with van der Waals surface area (Å²) < 4.78 is 0. The molecule has 0 bridgehead atoms. The Morgan fingerprint density at radius 1 is 1.45 bits per heavy atom. The van der Waals surface area contributed by atoms with Crippen LogP contribution in [0.25, 0.3) is 11.4 Å². The summed E-state index contributed by atoms with van der Waals surface area (Å²) in [4.78, 5) is 16.5. The monoisotopic (exact) mass is 316 g/mol. The van der Waals surface area contributed by atoms with Gasteiger partial charge in [-0.25, -0.2) is 4.98 Å². The number of para-hydroxylation sites is 1. The van der Waals surface area contributed by atoms with Crippen molar-refractivity contribution < 1.29 is 4.79 Å². The zero-order valence-corrected chi connectivity index (χ0v) is 13.6. The first-order valence-corrected chi connectivity index (χ1v) is 8.27. The molecule has 5 nitrogen and oxygen atoms in total. The molecular formula is C16H20N4OS. The van der Waals surface area contributed by atoms with Crippen LogP contribution in [0, 0.1) is 0 Å². The standard InChI is InChI=1S/C16H20N4OS/c1-4-9-22-10-14(21)17-13-8-6-5-7-12(13)16-18-15(11(2)3)19-20-16/h4-8,11H,1,9-10H2,2-3H3,(H,17,21)(H,18,19,20). The molecule has 0 saturated carbocycles. The van der Waals surface area contributed by atoms with Gasteiger partial charge in [0.1, 0.15) is 5.82 Å². The van der Waals surface area contributed by atoms with Crippen molar-refractivity contribution in [3.8, 4) is 11.4 Å². The molecular weight excluding hydrogens is 296 g/mol. The van der Waals surface area contributed by atoms with Crippen molar-refractivity contribution in [2.75, 3.05) is 16.8 Å². The summed E-state index contributed by atoms with van der Waals surface area (Å²) >= 11 is 1.52. The maximum atomic E-state index is 12.0. The molecule has 2 aromatic rings. The van der Waals surface area contributed by atoms with Gasteiger partial charge < -0.3 is 5.32 Å². The van der Waals surface area contributed by atoms with Gasteiger partial charge in [-0.05, 0) is 12.1 Å². The molecule has 0 aliphatic heterocycles. The van der Waals surface area contributed by atoms with Crippen LogP contribution in [0.5, 0.6) is 0 Å². The SMILES string of the molecule is C=CCSCC(=O)Nc1ccccc1-c1n[nH]c(C(C)C)n1. The van der Waals surface area contributed by atoms with Gasteiger partial charge in [0.15, 0.2) is 5.82 Å². The molecule has 0 fully saturated rings. The largest absolute Gasteiger partial charge is 0.325 e. The lowest BCUT2D eigenvalue weighted by Gasteiger charge is -2.08. The van der Waals surface area contributed by atoms with Crippen LogP contribution in [0.4, 0.5) is 5.69 Å². The van der Waals surface area contributed by atoms with Crippen molar-refractivity contribution in [2.45, 2.75) is 19.8 Å². The molecule has 0 spiro atoms. The summed E-state index contributed by atoms with van der Waals surface area (Å²) in [5.74, 6) is 2.81. The van der Waals surface area contributed by atoms with Gasteiger partial charge in [0.25, 0.3) is 0 Å². The minimum atomic E-state index is -0.0427. The normalized spacial score (nSPS) is 10.7. The lowest BCUT2D eigenvalue weighted by Crippen LogP contribution is -2.15. The van der Waals surface area contributed by atoms with Gasteiger partial charge in [-0.2, -0.15) is 5.10 Å². The highest BCUT2D eigenvalue weighted by molar-refractivity contribution is 8.00. The molecule has 2 N–H and O–H groups in total. The van der Waals surface area contributed by atoms with E-state index >= 15 is 0 Å². The summed E-state index contributed by atoms with van der Waals surface area (Å²) in [5.41, 5.74) is 1.54. The zero-order chi connectivity index (χ0) is 15.9. The average Bonchev–Trinajstić information content (AvgIpc) is 2.98. The number of anilines is 1. The Morgan fingerprint density at radius 3 is 2.91 bits per heavy atom. The van der Waals surface area contributed by atoms with E-state index in [9.17, 15) is 4.79 Å². The number of benzene rings is 1. The highest BCUT2D eigenvalue weighted by atomic mass is 32.2. The Hall–Kier alpha value is -2.08. The first-order chi connectivity index (χ1) is 10.6. The number of amides is 1. The second kappa shape index (κ2) is 7.79. The molecule has 2 rings (SSSR count). The number of aromatic nitrogens is 3. The predicted molar refractivity (Wildman–Crippen MR) is 92.1 cm³/mol. The predicted octanol–water partition coefficient (Wildman–Crippen LogP) is 3.45. The number of nitrogens with zero attached hydrogens (tertiary/aromatic N) is 2. The number of nitrogens with one attached hydrogen (secondary N) is 2. The van der Waals surface area contributed by atoms with Crippen LogP contribution in [-0.4, -0.2) is 32.6 Å². The lowest BCUT2D eigenvalue weighted by atomic mass is 10.1. The fourth-order valence-corrected chi connectivity index (χ4v) is 2.40. The van der Waals surface area contributed by atoms with Gasteiger partial charge in [-0.3, -0.25) is 9.89 Å². The molecule has 1 amide bonds. The maximum Gasteiger partial charge on any atom is 0.234 e. The van der Waals surface area contributed by atoms with E-state index in [1.165, 1.54) is 11.8 Å². The number of rotatable bonds is 7. The Bertz CT molecular complexity index is 651. The molecule has 1 aromatic heterocycles. The Kier molecular flexibility index (Phi) is 5.77. The van der Waals surface area contributed by atoms with Gasteiger partial charge in [0.2, 0.25) is 5.91 Å². The van der Waals surface area contributed by atoms with Gasteiger partial charge in [-0.1, -0.05) is 32.1 Å². The first kappa shape index (κ1) is 16.3. The van der Waals surface area contributed by atoms with E-state index in [-0.39, 0.29) is 11.8 Å². The van der Waals surface area contributed by atoms with Crippen molar-refractivity contribution in [3.05, 3.63) is 42.7 Å². The molecule has 6 heteroatoms.